The summed E-state index contributed by atoms with van der Waals surface area (Å²) in [6.07, 6.45) is 3.29. The van der Waals surface area contributed by atoms with E-state index in [1.54, 1.807) is 28.9 Å². The van der Waals surface area contributed by atoms with E-state index in [9.17, 15) is 4.79 Å². The van der Waals surface area contributed by atoms with Crippen LogP contribution in [0.5, 0.6) is 0 Å². The van der Waals surface area contributed by atoms with Crippen LogP contribution in [0.25, 0.3) is 5.65 Å². The molecule has 5 heteroatoms. The van der Waals surface area contributed by atoms with E-state index in [-0.39, 0.29) is 5.78 Å². The molecule has 2 aromatic rings. The first-order valence-corrected chi connectivity index (χ1v) is 5.44. The number of ketones is 1. The number of halogens is 2. The van der Waals surface area contributed by atoms with E-state index < -0.39 is 0 Å². The van der Waals surface area contributed by atoms with E-state index in [1.807, 2.05) is 0 Å². The molecular formula is C9H6BrClN2O. The number of alkyl halides is 1. The molecule has 2 rings (SSSR count). The van der Waals surface area contributed by atoms with Crippen molar-refractivity contribution in [3.8, 4) is 0 Å². The fourth-order valence-corrected chi connectivity index (χ4v) is 1.67. The summed E-state index contributed by atoms with van der Waals surface area (Å²) in [4.78, 5) is 15.5. The van der Waals surface area contributed by atoms with Crippen LogP contribution in [-0.2, 0) is 0 Å². The zero-order chi connectivity index (χ0) is 10.1. The van der Waals surface area contributed by atoms with E-state index in [2.05, 4.69) is 20.9 Å². The summed E-state index contributed by atoms with van der Waals surface area (Å²) in [6, 6.07) is 3.44. The van der Waals surface area contributed by atoms with Gasteiger partial charge in [-0.1, -0.05) is 27.5 Å². The molecule has 2 heterocycles. The van der Waals surface area contributed by atoms with Gasteiger partial charge in [0.2, 0.25) is 0 Å². The van der Waals surface area contributed by atoms with Crippen LogP contribution in [0, 0.1) is 0 Å². The Balaban J connectivity index is 2.64. The van der Waals surface area contributed by atoms with E-state index in [1.165, 1.54) is 0 Å². The van der Waals surface area contributed by atoms with Gasteiger partial charge in [0.1, 0.15) is 11.3 Å². The molecule has 14 heavy (non-hydrogen) atoms. The van der Waals surface area contributed by atoms with Crippen molar-refractivity contribution < 1.29 is 4.79 Å². The average Bonchev–Trinajstić information content (AvgIpc) is 2.59. The lowest BCUT2D eigenvalue weighted by Gasteiger charge is -1.98. The zero-order valence-electron chi connectivity index (χ0n) is 7.08. The first-order valence-electron chi connectivity index (χ1n) is 3.94. The Bertz CT molecular complexity index is 495. The molecule has 0 spiro atoms. The minimum atomic E-state index is -0.000164. The number of rotatable bonds is 2. The Hall–Kier alpha value is -0.870. The lowest BCUT2D eigenvalue weighted by Crippen LogP contribution is -2.03. The van der Waals surface area contributed by atoms with Gasteiger partial charge in [-0.25, -0.2) is 4.98 Å². The van der Waals surface area contributed by atoms with Crippen LogP contribution >= 0.6 is 27.5 Å². The second-order valence-corrected chi connectivity index (χ2v) is 3.77. The lowest BCUT2D eigenvalue weighted by molar-refractivity contribution is 0.101. The van der Waals surface area contributed by atoms with Crippen molar-refractivity contribution in [2.45, 2.75) is 0 Å². The maximum Gasteiger partial charge on any atom is 0.191 e. The second-order valence-electron chi connectivity index (χ2n) is 2.77. The van der Waals surface area contributed by atoms with E-state index in [0.29, 0.717) is 21.7 Å². The number of Topliss-reactive ketones (excluding diaryl/α,β-unsaturated/α-hetero) is 1. The number of carbonyl (C=O) groups is 1. The van der Waals surface area contributed by atoms with Gasteiger partial charge in [-0.2, -0.15) is 0 Å². The zero-order valence-corrected chi connectivity index (χ0v) is 9.42. The van der Waals surface area contributed by atoms with Gasteiger partial charge < -0.3 is 0 Å². The van der Waals surface area contributed by atoms with Gasteiger partial charge in [0.15, 0.2) is 5.78 Å². The van der Waals surface area contributed by atoms with Crippen molar-refractivity contribution in [3.63, 3.8) is 0 Å². The van der Waals surface area contributed by atoms with Gasteiger partial charge in [0, 0.05) is 17.3 Å². The monoisotopic (exact) mass is 272 g/mol. The normalized spacial score (nSPS) is 10.7. The van der Waals surface area contributed by atoms with E-state index in [4.69, 9.17) is 11.6 Å². The number of pyridine rings is 1. The summed E-state index contributed by atoms with van der Waals surface area (Å²) in [6.45, 7) is 0. The third-order valence-corrected chi connectivity index (χ3v) is 2.63. The van der Waals surface area contributed by atoms with Crippen molar-refractivity contribution in [2.75, 3.05) is 5.33 Å². The molecule has 3 nitrogen and oxygen atoms in total. The topological polar surface area (TPSA) is 34.4 Å². The van der Waals surface area contributed by atoms with Crippen LogP contribution in [-0.4, -0.2) is 20.5 Å². The number of imidazole rings is 1. The summed E-state index contributed by atoms with van der Waals surface area (Å²) >= 11 is 8.91. The first kappa shape index (κ1) is 9.68. The van der Waals surface area contributed by atoms with Crippen molar-refractivity contribution in [3.05, 3.63) is 35.2 Å². The van der Waals surface area contributed by atoms with Crippen LogP contribution < -0.4 is 0 Å². The Morgan fingerprint density at radius 3 is 3.14 bits per heavy atom. The highest BCUT2D eigenvalue weighted by Crippen LogP contribution is 2.13. The summed E-state index contributed by atoms with van der Waals surface area (Å²) in [5.74, 6) is -0.000164. The molecule has 0 aliphatic heterocycles. The molecule has 0 unspecified atom stereocenters. The Kier molecular flexibility index (Phi) is 2.56. The Labute approximate surface area is 93.8 Å². The molecule has 0 saturated heterocycles. The van der Waals surface area contributed by atoms with Crippen LogP contribution in [0.15, 0.2) is 24.5 Å². The van der Waals surface area contributed by atoms with Crippen LogP contribution in [0.4, 0.5) is 0 Å². The Morgan fingerprint density at radius 2 is 2.43 bits per heavy atom. The standard InChI is InChI=1S/C9H6BrClN2O/c10-4-8(14)7-5-12-9-3-6(11)1-2-13(7)9/h1-3,5H,4H2. The highest BCUT2D eigenvalue weighted by Gasteiger charge is 2.10. The third-order valence-electron chi connectivity index (χ3n) is 1.88. The molecule has 0 atom stereocenters. The first-order chi connectivity index (χ1) is 6.72. The summed E-state index contributed by atoms with van der Waals surface area (Å²) in [7, 11) is 0. The molecule has 0 amide bonds. The number of aromatic nitrogens is 2. The molecule has 0 bridgehead atoms. The third kappa shape index (κ3) is 1.55. The van der Waals surface area contributed by atoms with Gasteiger partial charge in [0.25, 0.3) is 0 Å². The smallest absolute Gasteiger partial charge is 0.191 e. The largest absolute Gasteiger partial charge is 0.297 e. The maximum absolute atomic E-state index is 11.4. The molecule has 2 aromatic heterocycles. The second kappa shape index (κ2) is 3.71. The highest BCUT2D eigenvalue weighted by atomic mass is 79.9. The van der Waals surface area contributed by atoms with Crippen molar-refractivity contribution in [1.29, 1.82) is 0 Å². The molecule has 0 aromatic carbocycles. The van der Waals surface area contributed by atoms with Crippen LogP contribution in [0.2, 0.25) is 5.02 Å². The fourth-order valence-electron chi connectivity index (χ4n) is 1.23. The van der Waals surface area contributed by atoms with E-state index >= 15 is 0 Å². The average molecular weight is 274 g/mol. The highest BCUT2D eigenvalue weighted by molar-refractivity contribution is 9.09. The molecule has 0 radical (unpaired) electrons. The quantitative estimate of drug-likeness (QED) is 0.622. The Morgan fingerprint density at radius 1 is 1.64 bits per heavy atom. The number of carbonyl (C=O) groups excluding carboxylic acids is 1. The molecule has 0 saturated carbocycles. The molecule has 0 aliphatic carbocycles. The van der Waals surface area contributed by atoms with Gasteiger partial charge in [-0.15, -0.1) is 0 Å². The predicted molar refractivity (Wildman–Crippen MR) is 58.3 cm³/mol. The molecule has 72 valence electrons. The molecular weight excluding hydrogens is 267 g/mol. The molecule has 0 aliphatic rings. The van der Waals surface area contributed by atoms with Crippen molar-refractivity contribution in [2.24, 2.45) is 0 Å². The summed E-state index contributed by atoms with van der Waals surface area (Å²) < 4.78 is 1.72. The van der Waals surface area contributed by atoms with Gasteiger partial charge >= 0.3 is 0 Å². The summed E-state index contributed by atoms with van der Waals surface area (Å²) in [5, 5.41) is 0.907. The minimum Gasteiger partial charge on any atom is -0.297 e. The van der Waals surface area contributed by atoms with E-state index in [0.717, 1.165) is 0 Å². The van der Waals surface area contributed by atoms with Gasteiger partial charge in [0.05, 0.1) is 11.5 Å². The van der Waals surface area contributed by atoms with Gasteiger partial charge in [-0.05, 0) is 6.07 Å². The van der Waals surface area contributed by atoms with Crippen molar-refractivity contribution >= 4 is 39.0 Å². The number of fused-ring (bicyclic) bond motifs is 1. The molecule has 0 N–H and O–H groups in total. The summed E-state index contributed by atoms with van der Waals surface area (Å²) in [5.41, 5.74) is 1.25. The van der Waals surface area contributed by atoms with Crippen LogP contribution in [0.1, 0.15) is 10.5 Å². The van der Waals surface area contributed by atoms with Crippen molar-refractivity contribution in [1.82, 2.24) is 9.38 Å². The molecule has 0 fully saturated rings. The maximum atomic E-state index is 11.4. The minimum absolute atomic E-state index is 0.000164. The number of nitrogens with zero attached hydrogens (tertiary/aromatic N) is 2. The predicted octanol–water partition coefficient (Wildman–Crippen LogP) is 2.57. The van der Waals surface area contributed by atoms with Crippen LogP contribution in [0.3, 0.4) is 0 Å². The lowest BCUT2D eigenvalue weighted by atomic mass is 10.3. The fraction of sp³-hybridized carbons (Fsp3) is 0.111. The van der Waals surface area contributed by atoms with Gasteiger partial charge in [-0.3, -0.25) is 9.20 Å². The number of hydrogen-bond donors (Lipinski definition) is 0. The SMILES string of the molecule is O=C(CBr)c1cnc2cc(Cl)ccn12. The number of hydrogen-bond acceptors (Lipinski definition) is 2.